The lowest BCUT2D eigenvalue weighted by Gasteiger charge is -2.23. The zero-order chi connectivity index (χ0) is 14.6. The molecule has 1 aromatic rings. The summed E-state index contributed by atoms with van der Waals surface area (Å²) in [5.74, 6) is 0.141. The third-order valence-electron chi connectivity index (χ3n) is 3.16. The van der Waals surface area contributed by atoms with E-state index in [2.05, 4.69) is 10.6 Å². The fraction of sp³-hybridized carbons (Fsp3) is 0.462. The molecule has 0 aliphatic carbocycles. The van der Waals surface area contributed by atoms with E-state index in [1.807, 2.05) is 0 Å². The van der Waals surface area contributed by atoms with E-state index in [1.165, 1.54) is 0 Å². The molecule has 20 heavy (non-hydrogen) atoms. The Morgan fingerprint density at radius 2 is 2.05 bits per heavy atom. The molecule has 1 aliphatic rings. The van der Waals surface area contributed by atoms with Gasteiger partial charge in [-0.25, -0.2) is 8.42 Å². The lowest BCUT2D eigenvalue weighted by molar-refractivity contribution is -0.121. The predicted molar refractivity (Wildman–Crippen MR) is 75.0 cm³/mol. The minimum absolute atomic E-state index is 0.0135. The highest BCUT2D eigenvalue weighted by atomic mass is 32.2. The zero-order valence-corrected chi connectivity index (χ0v) is 11.8. The second kappa shape index (κ2) is 6.23. The molecule has 1 atom stereocenters. The van der Waals surface area contributed by atoms with Gasteiger partial charge in [-0.1, -0.05) is 12.1 Å². The van der Waals surface area contributed by atoms with Crippen LogP contribution in [0.3, 0.4) is 0 Å². The molecule has 1 aliphatic heterocycles. The molecule has 1 fully saturated rings. The van der Waals surface area contributed by atoms with Crippen LogP contribution in [0.15, 0.2) is 24.3 Å². The first-order valence-corrected chi connectivity index (χ1v) is 8.25. The third-order valence-corrected chi connectivity index (χ3v) is 4.90. The van der Waals surface area contributed by atoms with Gasteiger partial charge >= 0.3 is 0 Å². The quantitative estimate of drug-likeness (QED) is 0.714. The summed E-state index contributed by atoms with van der Waals surface area (Å²) in [5.41, 5.74) is 0.875. The molecule has 1 heterocycles. The van der Waals surface area contributed by atoms with Gasteiger partial charge in [-0.15, -0.1) is 0 Å². The van der Waals surface area contributed by atoms with Crippen LogP contribution in [0.25, 0.3) is 0 Å². The predicted octanol–water partition coefficient (Wildman–Crippen LogP) is -0.215. The Morgan fingerprint density at radius 3 is 2.70 bits per heavy atom. The highest BCUT2D eigenvalue weighted by molar-refractivity contribution is 7.91. The van der Waals surface area contributed by atoms with Crippen molar-refractivity contribution >= 4 is 15.7 Å². The monoisotopic (exact) mass is 298 g/mol. The SMILES string of the molecule is O=C(CC1CS(=O)(=O)CCN1)NCc1ccc(O)cc1. The van der Waals surface area contributed by atoms with Crippen LogP contribution in [0.2, 0.25) is 0 Å². The molecule has 0 saturated carbocycles. The van der Waals surface area contributed by atoms with Crippen LogP contribution in [0, 0.1) is 0 Å². The Hall–Kier alpha value is -1.60. The highest BCUT2D eigenvalue weighted by Crippen LogP contribution is 2.09. The number of hydrogen-bond acceptors (Lipinski definition) is 5. The van der Waals surface area contributed by atoms with Gasteiger partial charge in [0.1, 0.15) is 5.75 Å². The number of carbonyl (C=O) groups is 1. The van der Waals surface area contributed by atoms with Gasteiger partial charge in [0.2, 0.25) is 5.91 Å². The van der Waals surface area contributed by atoms with Gasteiger partial charge in [-0.3, -0.25) is 4.79 Å². The summed E-state index contributed by atoms with van der Waals surface area (Å²) in [4.78, 5) is 11.8. The Kier molecular flexibility index (Phi) is 4.61. The summed E-state index contributed by atoms with van der Waals surface area (Å²) in [7, 11) is -3.02. The molecule has 0 bridgehead atoms. The number of nitrogens with one attached hydrogen (secondary N) is 2. The van der Waals surface area contributed by atoms with E-state index >= 15 is 0 Å². The molecule has 1 aromatic carbocycles. The number of rotatable bonds is 4. The van der Waals surface area contributed by atoms with Gasteiger partial charge in [0.25, 0.3) is 0 Å². The molecule has 1 amide bonds. The van der Waals surface area contributed by atoms with Crippen LogP contribution < -0.4 is 10.6 Å². The summed E-state index contributed by atoms with van der Waals surface area (Å²) in [6.45, 7) is 0.761. The van der Waals surface area contributed by atoms with Gasteiger partial charge in [0.05, 0.1) is 11.5 Å². The van der Waals surface area contributed by atoms with Crippen LogP contribution >= 0.6 is 0 Å². The molecule has 110 valence electrons. The molecule has 6 nitrogen and oxygen atoms in total. The second-order valence-corrected chi connectivity index (χ2v) is 7.14. The minimum Gasteiger partial charge on any atom is -0.508 e. The molecule has 7 heteroatoms. The lowest BCUT2D eigenvalue weighted by Crippen LogP contribution is -2.47. The van der Waals surface area contributed by atoms with Crippen LogP contribution in [0.5, 0.6) is 5.75 Å². The molecule has 0 aromatic heterocycles. The molecular weight excluding hydrogens is 280 g/mol. The number of amides is 1. The van der Waals surface area contributed by atoms with E-state index in [4.69, 9.17) is 5.11 Å². The number of aromatic hydroxyl groups is 1. The molecule has 3 N–H and O–H groups in total. The summed E-state index contributed by atoms with van der Waals surface area (Å²) in [5, 5.41) is 14.9. The average Bonchev–Trinajstić information content (AvgIpc) is 2.37. The average molecular weight is 298 g/mol. The van der Waals surface area contributed by atoms with Crippen molar-refractivity contribution in [3.8, 4) is 5.75 Å². The van der Waals surface area contributed by atoms with E-state index in [1.54, 1.807) is 24.3 Å². The first-order valence-electron chi connectivity index (χ1n) is 6.43. The number of carbonyl (C=O) groups excluding carboxylic acids is 1. The zero-order valence-electron chi connectivity index (χ0n) is 11.0. The minimum atomic E-state index is -3.02. The summed E-state index contributed by atoms with van der Waals surface area (Å²) < 4.78 is 22.9. The normalized spacial score (nSPS) is 21.3. The number of phenolic OH excluding ortho intramolecular Hbond substituents is 1. The molecule has 0 radical (unpaired) electrons. The topological polar surface area (TPSA) is 95.5 Å². The number of hydrogen-bond donors (Lipinski definition) is 3. The van der Waals surface area contributed by atoms with Gasteiger partial charge in [0, 0.05) is 25.6 Å². The largest absolute Gasteiger partial charge is 0.508 e. The summed E-state index contributed by atoms with van der Waals surface area (Å²) in [6, 6.07) is 6.24. The smallest absolute Gasteiger partial charge is 0.221 e. The number of phenols is 1. The number of sulfone groups is 1. The lowest BCUT2D eigenvalue weighted by atomic mass is 10.2. The fourth-order valence-corrected chi connectivity index (χ4v) is 3.55. The van der Waals surface area contributed by atoms with Crippen molar-refractivity contribution in [2.45, 2.75) is 19.0 Å². The maximum absolute atomic E-state index is 11.8. The maximum Gasteiger partial charge on any atom is 0.221 e. The first kappa shape index (κ1) is 14.8. The Labute approximate surface area is 118 Å². The van der Waals surface area contributed by atoms with Crippen molar-refractivity contribution in [3.05, 3.63) is 29.8 Å². The van der Waals surface area contributed by atoms with Crippen molar-refractivity contribution in [2.75, 3.05) is 18.1 Å². The molecule has 2 rings (SSSR count). The fourth-order valence-electron chi connectivity index (χ4n) is 2.11. The van der Waals surface area contributed by atoms with E-state index < -0.39 is 9.84 Å². The Balaban J connectivity index is 1.79. The van der Waals surface area contributed by atoms with Gasteiger partial charge < -0.3 is 15.7 Å². The highest BCUT2D eigenvalue weighted by Gasteiger charge is 2.25. The molecule has 0 spiro atoms. The van der Waals surface area contributed by atoms with Gasteiger partial charge in [-0.05, 0) is 17.7 Å². The third kappa shape index (κ3) is 4.50. The molecule has 1 saturated heterocycles. The van der Waals surface area contributed by atoms with E-state index in [9.17, 15) is 13.2 Å². The summed E-state index contributed by atoms with van der Waals surface area (Å²) >= 11 is 0. The van der Waals surface area contributed by atoms with E-state index in [0.29, 0.717) is 13.1 Å². The molecular formula is C13H18N2O4S. The van der Waals surface area contributed by atoms with Gasteiger partial charge in [0.15, 0.2) is 9.84 Å². The molecule has 1 unspecified atom stereocenters. The van der Waals surface area contributed by atoms with Crippen LogP contribution in [-0.2, 0) is 21.2 Å². The van der Waals surface area contributed by atoms with E-state index in [-0.39, 0.29) is 35.6 Å². The van der Waals surface area contributed by atoms with Crippen molar-refractivity contribution in [3.63, 3.8) is 0 Å². The standard InChI is InChI=1S/C13H18N2O4S/c16-12-3-1-10(2-4-12)8-15-13(17)7-11-9-20(18,19)6-5-14-11/h1-4,11,14,16H,5-9H2,(H,15,17). The second-order valence-electron chi connectivity index (χ2n) is 4.91. The number of benzene rings is 1. The van der Waals surface area contributed by atoms with Crippen LogP contribution in [0.1, 0.15) is 12.0 Å². The van der Waals surface area contributed by atoms with Crippen molar-refractivity contribution in [2.24, 2.45) is 0 Å². The maximum atomic E-state index is 11.8. The Morgan fingerprint density at radius 1 is 1.35 bits per heavy atom. The Bertz CT molecular complexity index is 569. The van der Waals surface area contributed by atoms with Crippen LogP contribution in [0.4, 0.5) is 0 Å². The summed E-state index contributed by atoms with van der Waals surface area (Å²) in [6.07, 6.45) is 0.150. The van der Waals surface area contributed by atoms with Crippen molar-refractivity contribution in [1.29, 1.82) is 0 Å². The van der Waals surface area contributed by atoms with Crippen molar-refractivity contribution < 1.29 is 18.3 Å². The first-order chi connectivity index (χ1) is 9.44. The van der Waals surface area contributed by atoms with Gasteiger partial charge in [-0.2, -0.15) is 0 Å². The van der Waals surface area contributed by atoms with Crippen molar-refractivity contribution in [1.82, 2.24) is 10.6 Å². The van der Waals surface area contributed by atoms with E-state index in [0.717, 1.165) is 5.56 Å². The van der Waals surface area contributed by atoms with Crippen LogP contribution in [-0.4, -0.2) is 43.5 Å².